The van der Waals surface area contributed by atoms with Crippen molar-refractivity contribution in [3.63, 3.8) is 0 Å². The van der Waals surface area contributed by atoms with E-state index < -0.39 is 10.0 Å². The molecule has 23 heavy (non-hydrogen) atoms. The van der Waals surface area contributed by atoms with Gasteiger partial charge in [-0.3, -0.25) is 4.79 Å². The third-order valence-electron chi connectivity index (χ3n) is 4.05. The van der Waals surface area contributed by atoms with Gasteiger partial charge in [-0.25, -0.2) is 8.42 Å². The predicted molar refractivity (Wildman–Crippen MR) is 88.3 cm³/mol. The Morgan fingerprint density at radius 3 is 2.43 bits per heavy atom. The smallest absolute Gasteiger partial charge is 0.237 e. The number of piperidine rings is 1. The topological polar surface area (TPSA) is 66.9 Å². The van der Waals surface area contributed by atoms with Crippen LogP contribution in [0.3, 0.4) is 0 Å². The van der Waals surface area contributed by atoms with E-state index in [-0.39, 0.29) is 18.6 Å². The molecule has 128 valence electrons. The van der Waals surface area contributed by atoms with Gasteiger partial charge in [0.05, 0.1) is 25.5 Å². The Kier molecular flexibility index (Phi) is 6.15. The highest BCUT2D eigenvalue weighted by Gasteiger charge is 2.25. The van der Waals surface area contributed by atoms with Gasteiger partial charge < -0.3 is 9.64 Å². The standard InChI is InChI=1S/C16H24N2O4S/c1-17(23(2,20)21)12-16(19)18-10-8-15(9-11-18)22-13-14-6-4-3-5-7-14/h3-7,15H,8-13H2,1-2H3. The van der Waals surface area contributed by atoms with Gasteiger partial charge in [-0.15, -0.1) is 0 Å². The summed E-state index contributed by atoms with van der Waals surface area (Å²) in [7, 11) is -1.91. The minimum Gasteiger partial charge on any atom is -0.373 e. The summed E-state index contributed by atoms with van der Waals surface area (Å²) in [6.45, 7) is 1.69. The zero-order chi connectivity index (χ0) is 16.9. The van der Waals surface area contributed by atoms with Crippen molar-refractivity contribution in [2.45, 2.75) is 25.6 Å². The molecule has 1 aliphatic heterocycles. The second-order valence-corrected chi connectivity index (χ2v) is 7.99. The number of carbonyl (C=O) groups is 1. The average Bonchev–Trinajstić information content (AvgIpc) is 2.53. The highest BCUT2D eigenvalue weighted by molar-refractivity contribution is 7.88. The second kappa shape index (κ2) is 7.90. The maximum atomic E-state index is 12.1. The number of hydrogen-bond acceptors (Lipinski definition) is 4. The van der Waals surface area contributed by atoms with Crippen LogP contribution in [0.4, 0.5) is 0 Å². The number of likely N-dealkylation sites (tertiary alicyclic amines) is 1. The molecule has 2 rings (SSSR count). The van der Waals surface area contributed by atoms with Gasteiger partial charge in [0.2, 0.25) is 15.9 Å². The van der Waals surface area contributed by atoms with E-state index in [1.54, 1.807) is 4.90 Å². The first-order valence-corrected chi connectivity index (χ1v) is 9.55. The van der Waals surface area contributed by atoms with Gasteiger partial charge >= 0.3 is 0 Å². The summed E-state index contributed by atoms with van der Waals surface area (Å²) in [6, 6.07) is 10.00. The summed E-state index contributed by atoms with van der Waals surface area (Å²) in [5.41, 5.74) is 1.14. The monoisotopic (exact) mass is 340 g/mol. The molecule has 1 aromatic carbocycles. The maximum Gasteiger partial charge on any atom is 0.237 e. The Labute approximate surface area is 138 Å². The van der Waals surface area contributed by atoms with Gasteiger partial charge in [0.15, 0.2) is 0 Å². The highest BCUT2D eigenvalue weighted by Crippen LogP contribution is 2.16. The first kappa shape index (κ1) is 17.9. The fraction of sp³-hybridized carbons (Fsp3) is 0.562. The number of ether oxygens (including phenoxy) is 1. The zero-order valence-electron chi connectivity index (χ0n) is 13.6. The van der Waals surface area contributed by atoms with Gasteiger partial charge in [0, 0.05) is 20.1 Å². The lowest BCUT2D eigenvalue weighted by Gasteiger charge is -2.32. The van der Waals surface area contributed by atoms with Crippen LogP contribution in [0.25, 0.3) is 0 Å². The molecule has 0 saturated carbocycles. The van der Waals surface area contributed by atoms with Crippen LogP contribution in [-0.4, -0.2) is 62.6 Å². The molecular formula is C16H24N2O4S. The second-order valence-electron chi connectivity index (χ2n) is 5.90. The fourth-order valence-corrected chi connectivity index (χ4v) is 2.81. The van der Waals surface area contributed by atoms with E-state index in [9.17, 15) is 13.2 Å². The van der Waals surface area contributed by atoms with Crippen molar-refractivity contribution in [2.75, 3.05) is 32.9 Å². The summed E-state index contributed by atoms with van der Waals surface area (Å²) < 4.78 is 29.7. The summed E-state index contributed by atoms with van der Waals surface area (Å²) in [5, 5.41) is 0. The minimum absolute atomic E-state index is 0.103. The zero-order valence-corrected chi connectivity index (χ0v) is 14.5. The Hall–Kier alpha value is -1.44. The molecule has 0 spiro atoms. The summed E-state index contributed by atoms with van der Waals surface area (Å²) in [4.78, 5) is 13.8. The SMILES string of the molecule is CN(CC(=O)N1CCC(OCc2ccccc2)CC1)S(C)(=O)=O. The van der Waals surface area contributed by atoms with Crippen molar-refractivity contribution in [3.8, 4) is 0 Å². The number of amides is 1. The van der Waals surface area contributed by atoms with Crippen molar-refractivity contribution in [2.24, 2.45) is 0 Å². The Balaban J connectivity index is 1.74. The molecule has 1 heterocycles. The van der Waals surface area contributed by atoms with Crippen molar-refractivity contribution in [1.82, 2.24) is 9.21 Å². The van der Waals surface area contributed by atoms with Crippen LogP contribution in [0.15, 0.2) is 30.3 Å². The normalized spacial score (nSPS) is 16.7. The quantitative estimate of drug-likeness (QED) is 0.777. The van der Waals surface area contributed by atoms with E-state index in [0.717, 1.165) is 29.0 Å². The van der Waals surface area contributed by atoms with Gasteiger partial charge in [0.25, 0.3) is 0 Å². The number of nitrogens with zero attached hydrogens (tertiary/aromatic N) is 2. The molecule has 0 atom stereocenters. The molecule has 0 N–H and O–H groups in total. The van der Waals surface area contributed by atoms with Gasteiger partial charge in [-0.2, -0.15) is 4.31 Å². The van der Waals surface area contributed by atoms with Crippen molar-refractivity contribution >= 4 is 15.9 Å². The Bertz CT molecular complexity index is 610. The number of rotatable bonds is 6. The molecule has 1 aliphatic rings. The molecule has 0 aliphatic carbocycles. The molecule has 7 heteroatoms. The molecule has 0 aromatic heterocycles. The number of sulfonamides is 1. The highest BCUT2D eigenvalue weighted by atomic mass is 32.2. The molecule has 1 aromatic rings. The van der Waals surface area contributed by atoms with Crippen molar-refractivity contribution in [1.29, 1.82) is 0 Å². The van der Waals surface area contributed by atoms with E-state index in [0.29, 0.717) is 19.7 Å². The molecular weight excluding hydrogens is 316 g/mol. The summed E-state index contributed by atoms with van der Waals surface area (Å²) in [5.74, 6) is -0.153. The molecule has 1 saturated heterocycles. The summed E-state index contributed by atoms with van der Waals surface area (Å²) in [6.07, 6.45) is 2.80. The van der Waals surface area contributed by atoms with Gasteiger partial charge in [-0.05, 0) is 18.4 Å². The summed E-state index contributed by atoms with van der Waals surface area (Å²) >= 11 is 0. The van der Waals surface area contributed by atoms with Gasteiger partial charge in [0.1, 0.15) is 0 Å². The van der Waals surface area contributed by atoms with Crippen LogP contribution >= 0.6 is 0 Å². The molecule has 0 unspecified atom stereocenters. The lowest BCUT2D eigenvalue weighted by atomic mass is 10.1. The molecule has 1 amide bonds. The Morgan fingerprint density at radius 1 is 1.26 bits per heavy atom. The van der Waals surface area contributed by atoms with E-state index in [1.165, 1.54) is 7.05 Å². The first-order valence-electron chi connectivity index (χ1n) is 7.71. The lowest BCUT2D eigenvalue weighted by Crippen LogP contribution is -2.45. The van der Waals surface area contributed by atoms with E-state index >= 15 is 0 Å². The van der Waals surface area contributed by atoms with E-state index in [4.69, 9.17) is 4.74 Å². The molecule has 0 bridgehead atoms. The van der Waals surface area contributed by atoms with Gasteiger partial charge in [-0.1, -0.05) is 30.3 Å². The first-order chi connectivity index (χ1) is 10.9. The van der Waals surface area contributed by atoms with Crippen molar-refractivity contribution < 1.29 is 17.9 Å². The third kappa shape index (κ3) is 5.60. The number of carbonyl (C=O) groups excluding carboxylic acids is 1. The number of likely N-dealkylation sites (N-methyl/N-ethyl adjacent to an activating group) is 1. The van der Waals surface area contributed by atoms with E-state index in [2.05, 4.69) is 0 Å². The van der Waals surface area contributed by atoms with Crippen LogP contribution in [0.2, 0.25) is 0 Å². The molecule has 6 nitrogen and oxygen atoms in total. The maximum absolute atomic E-state index is 12.1. The van der Waals surface area contributed by atoms with E-state index in [1.807, 2.05) is 30.3 Å². The van der Waals surface area contributed by atoms with Crippen molar-refractivity contribution in [3.05, 3.63) is 35.9 Å². The van der Waals surface area contributed by atoms with Crippen LogP contribution in [0.1, 0.15) is 18.4 Å². The van der Waals surface area contributed by atoms with Crippen LogP contribution < -0.4 is 0 Å². The van der Waals surface area contributed by atoms with Crippen LogP contribution in [-0.2, 0) is 26.2 Å². The minimum atomic E-state index is -3.33. The fourth-order valence-electron chi connectivity index (χ4n) is 2.47. The Morgan fingerprint density at radius 2 is 1.87 bits per heavy atom. The molecule has 0 radical (unpaired) electrons. The lowest BCUT2D eigenvalue weighted by molar-refractivity contribution is -0.134. The average molecular weight is 340 g/mol. The number of benzene rings is 1. The van der Waals surface area contributed by atoms with Crippen LogP contribution in [0.5, 0.6) is 0 Å². The van der Waals surface area contributed by atoms with Crippen LogP contribution in [0, 0.1) is 0 Å². The third-order valence-corrected chi connectivity index (χ3v) is 5.31. The molecule has 1 fully saturated rings. The number of hydrogen-bond donors (Lipinski definition) is 0. The predicted octanol–water partition coefficient (Wildman–Crippen LogP) is 1.09. The largest absolute Gasteiger partial charge is 0.373 e.